The van der Waals surface area contributed by atoms with Gasteiger partial charge in [0.25, 0.3) is 0 Å². The minimum absolute atomic E-state index is 0.0715. The van der Waals surface area contributed by atoms with E-state index in [0.717, 1.165) is 20.0 Å². The van der Waals surface area contributed by atoms with E-state index in [0.29, 0.717) is 12.4 Å². The summed E-state index contributed by atoms with van der Waals surface area (Å²) in [7, 11) is 0. The van der Waals surface area contributed by atoms with E-state index >= 15 is 0 Å². The van der Waals surface area contributed by atoms with Gasteiger partial charge in [-0.05, 0) is 24.3 Å². The van der Waals surface area contributed by atoms with Crippen LogP contribution in [0.15, 0.2) is 69.7 Å². The fourth-order valence-electron chi connectivity index (χ4n) is 2.00. The monoisotopic (exact) mass is 338 g/mol. The van der Waals surface area contributed by atoms with Crippen molar-refractivity contribution in [2.45, 2.75) is 4.21 Å². The highest BCUT2D eigenvalue weighted by molar-refractivity contribution is 8.01. The highest BCUT2D eigenvalue weighted by Crippen LogP contribution is 2.26. The normalized spacial score (nSPS) is 10.1. The van der Waals surface area contributed by atoms with Gasteiger partial charge in [-0.25, -0.2) is 0 Å². The fraction of sp³-hybridized carbons (Fsp3) is 0.105. The Morgan fingerprint density at radius 2 is 1.78 bits per heavy atom. The van der Waals surface area contributed by atoms with Gasteiger partial charge in [-0.3, -0.25) is 4.79 Å². The smallest absolute Gasteiger partial charge is 0.189 e. The maximum atomic E-state index is 12.0. The number of rotatable bonds is 4. The van der Waals surface area contributed by atoms with Crippen molar-refractivity contribution < 1.29 is 4.74 Å². The van der Waals surface area contributed by atoms with Gasteiger partial charge >= 0.3 is 0 Å². The number of benzene rings is 2. The van der Waals surface area contributed by atoms with E-state index in [1.807, 2.05) is 54.6 Å². The Kier molecular flexibility index (Phi) is 5.36. The highest BCUT2D eigenvalue weighted by Gasteiger charge is 2.02. The summed E-state index contributed by atoms with van der Waals surface area (Å²) in [6.45, 7) is 0.374. The molecule has 1 aromatic heterocycles. The molecule has 0 fully saturated rings. The van der Waals surface area contributed by atoms with Crippen molar-refractivity contribution in [2.24, 2.45) is 0 Å². The van der Waals surface area contributed by atoms with E-state index < -0.39 is 0 Å². The second-order valence-corrected chi connectivity index (χ2v) is 7.03. The number of para-hydroxylation sites is 1. The van der Waals surface area contributed by atoms with E-state index in [-0.39, 0.29) is 5.43 Å². The standard InChI is InChI=1S/C19H14O2S2/c20-17-14-19(23-18-11-5-4-10-16(17)18)22-13-7-6-12-21-15-8-2-1-3-9-15/h1-5,8-11,14H,12-13H2. The van der Waals surface area contributed by atoms with Gasteiger partial charge in [0.1, 0.15) is 12.4 Å². The zero-order valence-electron chi connectivity index (χ0n) is 12.3. The van der Waals surface area contributed by atoms with Crippen molar-refractivity contribution in [3.8, 4) is 17.6 Å². The van der Waals surface area contributed by atoms with Crippen molar-refractivity contribution in [3.05, 3.63) is 70.9 Å². The number of hydrogen-bond acceptors (Lipinski definition) is 4. The van der Waals surface area contributed by atoms with Crippen LogP contribution < -0.4 is 10.2 Å². The second kappa shape index (κ2) is 7.87. The van der Waals surface area contributed by atoms with Crippen molar-refractivity contribution in [3.63, 3.8) is 0 Å². The lowest BCUT2D eigenvalue weighted by molar-refractivity contribution is 0.370. The molecule has 2 aromatic carbocycles. The summed E-state index contributed by atoms with van der Waals surface area (Å²) in [5, 5.41) is 0.782. The molecule has 0 amide bonds. The molecule has 0 saturated carbocycles. The van der Waals surface area contributed by atoms with Crippen LogP contribution in [-0.2, 0) is 0 Å². The highest BCUT2D eigenvalue weighted by atomic mass is 32.2. The molecule has 2 nitrogen and oxygen atoms in total. The van der Waals surface area contributed by atoms with Crippen LogP contribution in [0.3, 0.4) is 0 Å². The molecular formula is C19H14O2S2. The predicted octanol–water partition coefficient (Wildman–Crippen LogP) is 4.44. The van der Waals surface area contributed by atoms with Gasteiger partial charge < -0.3 is 4.74 Å². The minimum atomic E-state index is 0.0715. The zero-order valence-corrected chi connectivity index (χ0v) is 14.0. The van der Waals surface area contributed by atoms with Crippen LogP contribution in [0.2, 0.25) is 0 Å². The molecule has 0 aliphatic heterocycles. The third-order valence-electron chi connectivity index (χ3n) is 3.08. The van der Waals surface area contributed by atoms with Crippen LogP contribution in [0.5, 0.6) is 5.75 Å². The summed E-state index contributed by atoms with van der Waals surface area (Å²) in [4.78, 5) is 12.0. The average molecular weight is 338 g/mol. The summed E-state index contributed by atoms with van der Waals surface area (Å²) in [5.74, 6) is 7.52. The zero-order chi connectivity index (χ0) is 15.9. The van der Waals surface area contributed by atoms with E-state index in [4.69, 9.17) is 4.74 Å². The molecule has 3 aromatic rings. The van der Waals surface area contributed by atoms with Crippen LogP contribution >= 0.6 is 23.1 Å². The Morgan fingerprint density at radius 1 is 1.00 bits per heavy atom. The predicted molar refractivity (Wildman–Crippen MR) is 98.5 cm³/mol. The molecule has 0 bridgehead atoms. The largest absolute Gasteiger partial charge is 0.481 e. The average Bonchev–Trinajstić information content (AvgIpc) is 2.59. The molecule has 0 aliphatic carbocycles. The van der Waals surface area contributed by atoms with Crippen LogP contribution in [0.4, 0.5) is 0 Å². The number of hydrogen-bond donors (Lipinski definition) is 0. The molecule has 0 radical (unpaired) electrons. The van der Waals surface area contributed by atoms with Gasteiger partial charge in [-0.1, -0.05) is 42.2 Å². The lowest BCUT2D eigenvalue weighted by atomic mass is 10.2. The molecule has 0 atom stereocenters. The Hall–Kier alpha value is -2.22. The van der Waals surface area contributed by atoms with Gasteiger partial charge in [0.15, 0.2) is 5.43 Å². The van der Waals surface area contributed by atoms with Crippen molar-refractivity contribution >= 4 is 33.2 Å². The van der Waals surface area contributed by atoms with E-state index in [1.54, 1.807) is 29.2 Å². The number of fused-ring (bicyclic) bond motifs is 1. The summed E-state index contributed by atoms with van der Waals surface area (Å²) in [6.07, 6.45) is 0. The second-order valence-electron chi connectivity index (χ2n) is 4.67. The maximum absolute atomic E-state index is 12.0. The van der Waals surface area contributed by atoms with Crippen molar-refractivity contribution in [1.82, 2.24) is 0 Å². The van der Waals surface area contributed by atoms with Crippen molar-refractivity contribution in [1.29, 1.82) is 0 Å². The quantitative estimate of drug-likeness (QED) is 0.520. The molecule has 0 spiro atoms. The number of ether oxygens (including phenoxy) is 1. The molecular weight excluding hydrogens is 324 g/mol. The topological polar surface area (TPSA) is 26.3 Å². The molecule has 0 N–H and O–H groups in total. The summed E-state index contributed by atoms with van der Waals surface area (Å²) < 4.78 is 7.51. The fourth-order valence-corrected chi connectivity index (χ4v) is 3.99. The lowest BCUT2D eigenvalue weighted by Crippen LogP contribution is -1.98. The van der Waals surface area contributed by atoms with Gasteiger partial charge in [0, 0.05) is 16.2 Å². The van der Waals surface area contributed by atoms with Crippen LogP contribution in [0.1, 0.15) is 0 Å². The van der Waals surface area contributed by atoms with Crippen LogP contribution in [-0.4, -0.2) is 12.4 Å². The van der Waals surface area contributed by atoms with Gasteiger partial charge in [0.05, 0.1) is 9.96 Å². The summed E-state index contributed by atoms with van der Waals surface area (Å²) in [6, 6.07) is 19.0. The molecule has 0 unspecified atom stereocenters. The van der Waals surface area contributed by atoms with Crippen LogP contribution in [0.25, 0.3) is 10.1 Å². The first-order chi connectivity index (χ1) is 11.3. The number of thioether (sulfide) groups is 1. The van der Waals surface area contributed by atoms with Gasteiger partial charge in [0.2, 0.25) is 0 Å². The van der Waals surface area contributed by atoms with Crippen LogP contribution in [0, 0.1) is 11.8 Å². The van der Waals surface area contributed by atoms with E-state index in [2.05, 4.69) is 11.8 Å². The first-order valence-electron chi connectivity index (χ1n) is 7.12. The SMILES string of the molecule is O=c1cc(SCC#CCOc2ccccc2)sc2ccccc12. The summed E-state index contributed by atoms with van der Waals surface area (Å²) >= 11 is 3.21. The Bertz CT molecular complexity index is 905. The molecule has 23 heavy (non-hydrogen) atoms. The molecule has 1 heterocycles. The molecule has 3 rings (SSSR count). The first-order valence-corrected chi connectivity index (χ1v) is 8.92. The first kappa shape index (κ1) is 15.7. The molecule has 114 valence electrons. The molecule has 4 heteroatoms. The third-order valence-corrected chi connectivity index (χ3v) is 5.27. The van der Waals surface area contributed by atoms with Crippen molar-refractivity contribution in [2.75, 3.05) is 12.4 Å². The molecule has 0 aliphatic rings. The minimum Gasteiger partial charge on any atom is -0.481 e. The maximum Gasteiger partial charge on any atom is 0.189 e. The Balaban J connectivity index is 1.55. The molecule has 0 saturated heterocycles. The van der Waals surface area contributed by atoms with E-state index in [9.17, 15) is 4.79 Å². The Morgan fingerprint density at radius 3 is 2.65 bits per heavy atom. The van der Waals surface area contributed by atoms with E-state index in [1.165, 1.54) is 0 Å². The van der Waals surface area contributed by atoms with Gasteiger partial charge in [-0.15, -0.1) is 23.1 Å². The summed E-state index contributed by atoms with van der Waals surface area (Å²) in [5.41, 5.74) is 0.0715. The third kappa shape index (κ3) is 4.38. The van der Waals surface area contributed by atoms with Gasteiger partial charge in [-0.2, -0.15) is 0 Å². The lowest BCUT2D eigenvalue weighted by Gasteiger charge is -2.00. The Labute approximate surface area is 143 Å².